The molecule has 3 N–H and O–H groups in total. The highest BCUT2D eigenvalue weighted by Crippen LogP contribution is 2.35. The van der Waals surface area contributed by atoms with Gasteiger partial charge < -0.3 is 20.7 Å². The maximum absolute atomic E-state index is 14.5. The minimum absolute atomic E-state index is 0.00746. The van der Waals surface area contributed by atoms with Crippen LogP contribution in [0.3, 0.4) is 0 Å². The molecule has 0 bridgehead atoms. The van der Waals surface area contributed by atoms with Gasteiger partial charge in [0.1, 0.15) is 22.7 Å². The number of halogens is 5. The molecule has 13 heteroatoms. The Balaban J connectivity index is 1.94. The van der Waals surface area contributed by atoms with Crippen LogP contribution in [0.4, 0.5) is 22.4 Å². The lowest BCUT2D eigenvalue weighted by Crippen LogP contribution is -2.44. The molecule has 150 valence electrons. The van der Waals surface area contributed by atoms with Gasteiger partial charge in [0, 0.05) is 18.3 Å². The summed E-state index contributed by atoms with van der Waals surface area (Å²) in [5.41, 5.74) is -0.218. The third kappa shape index (κ3) is 4.28. The van der Waals surface area contributed by atoms with Crippen molar-refractivity contribution in [2.45, 2.75) is 18.7 Å². The zero-order chi connectivity index (χ0) is 20.4. The molecule has 3 amide bonds. The predicted octanol–water partition coefficient (Wildman–Crippen LogP) is 2.56. The van der Waals surface area contributed by atoms with Crippen molar-refractivity contribution in [1.82, 2.24) is 20.9 Å². The number of hydrogen-bond donors (Lipinski definition) is 3. The van der Waals surface area contributed by atoms with E-state index in [1.54, 1.807) is 0 Å². The van der Waals surface area contributed by atoms with E-state index in [1.165, 1.54) is 0 Å². The third-order valence-electron chi connectivity index (χ3n) is 3.73. The molecule has 0 saturated carbocycles. The van der Waals surface area contributed by atoms with Gasteiger partial charge in [0.2, 0.25) is 5.91 Å². The lowest BCUT2D eigenvalue weighted by atomic mass is 10.0. The van der Waals surface area contributed by atoms with Crippen molar-refractivity contribution in [2.75, 3.05) is 6.54 Å². The second-order valence-corrected chi connectivity index (χ2v) is 6.92. The number of carbonyl (C=O) groups is 2. The first-order chi connectivity index (χ1) is 13.3. The minimum Gasteiger partial charge on any atom is -0.408 e. The van der Waals surface area contributed by atoms with Gasteiger partial charge in [0.15, 0.2) is 0 Å². The monoisotopic (exact) mass is 438 g/mol. The molecule has 3 rings (SSSR count). The lowest BCUT2D eigenvalue weighted by molar-refractivity contribution is -0.122. The highest BCUT2D eigenvalue weighted by Gasteiger charge is 2.31. The van der Waals surface area contributed by atoms with E-state index in [0.717, 1.165) is 18.3 Å². The Morgan fingerprint density at radius 3 is 2.79 bits per heavy atom. The van der Waals surface area contributed by atoms with E-state index < -0.39 is 52.5 Å². The molecule has 2 atom stereocenters. The standard InChI is InChI=1S/C15H11ClF4N4O3S/c16-9-6(17)2-1-5(10(9)18)11(8-4-22-15(28-8)27-13(19)20)24-12(25)7-3-21-14(26)23-7/h1-2,4,7,11,13H,3H2,(H,24,25)(H2,21,23,26)/t7-,11?/m0/s1. The average molecular weight is 439 g/mol. The number of benzene rings is 1. The summed E-state index contributed by atoms with van der Waals surface area (Å²) in [7, 11) is 0. The molecule has 0 aliphatic carbocycles. The third-order valence-corrected chi connectivity index (χ3v) is 5.03. The summed E-state index contributed by atoms with van der Waals surface area (Å²) in [6, 6.07) is -0.788. The Labute approximate surface area is 164 Å². The molecule has 0 radical (unpaired) electrons. The Hall–Kier alpha value is -2.60. The Bertz CT molecular complexity index is 913. The van der Waals surface area contributed by atoms with Gasteiger partial charge in [-0.05, 0) is 6.07 Å². The Kier molecular flexibility index (Phi) is 5.89. The first kappa shape index (κ1) is 20.1. The van der Waals surface area contributed by atoms with Crippen LogP contribution in [-0.4, -0.2) is 36.1 Å². The van der Waals surface area contributed by atoms with Gasteiger partial charge in [-0.3, -0.25) is 4.79 Å². The van der Waals surface area contributed by atoms with E-state index in [-0.39, 0.29) is 17.0 Å². The van der Waals surface area contributed by atoms with Gasteiger partial charge in [-0.1, -0.05) is 29.0 Å². The van der Waals surface area contributed by atoms with E-state index in [9.17, 15) is 27.2 Å². The summed E-state index contributed by atoms with van der Waals surface area (Å²) in [5.74, 6) is -2.83. The van der Waals surface area contributed by atoms with Crippen molar-refractivity contribution in [3.05, 3.63) is 45.4 Å². The number of carbonyl (C=O) groups excluding carboxylic acids is 2. The number of aromatic nitrogens is 1. The lowest BCUT2D eigenvalue weighted by Gasteiger charge is -2.20. The summed E-state index contributed by atoms with van der Waals surface area (Å²) in [5, 5.41) is 6.02. The Morgan fingerprint density at radius 2 is 2.14 bits per heavy atom. The second kappa shape index (κ2) is 8.19. The van der Waals surface area contributed by atoms with Gasteiger partial charge >= 0.3 is 12.6 Å². The zero-order valence-corrected chi connectivity index (χ0v) is 15.2. The number of rotatable bonds is 6. The molecule has 2 aromatic rings. The first-order valence-corrected chi connectivity index (χ1v) is 8.84. The largest absolute Gasteiger partial charge is 0.408 e. The Morgan fingerprint density at radius 1 is 1.39 bits per heavy atom. The van der Waals surface area contributed by atoms with Crippen molar-refractivity contribution in [3.63, 3.8) is 0 Å². The van der Waals surface area contributed by atoms with Crippen LogP contribution in [0.1, 0.15) is 16.5 Å². The van der Waals surface area contributed by atoms with Crippen LogP contribution >= 0.6 is 22.9 Å². The zero-order valence-electron chi connectivity index (χ0n) is 13.6. The van der Waals surface area contributed by atoms with Gasteiger partial charge in [-0.25, -0.2) is 18.6 Å². The normalized spacial score (nSPS) is 17.2. The molecule has 1 fully saturated rings. The number of nitrogens with zero attached hydrogens (tertiary/aromatic N) is 1. The summed E-state index contributed by atoms with van der Waals surface area (Å²) in [4.78, 5) is 27.4. The van der Waals surface area contributed by atoms with Crippen molar-refractivity contribution in [3.8, 4) is 5.19 Å². The maximum atomic E-state index is 14.5. The predicted molar refractivity (Wildman–Crippen MR) is 90.4 cm³/mol. The molecule has 1 aliphatic heterocycles. The minimum atomic E-state index is -3.12. The fraction of sp³-hybridized carbons (Fsp3) is 0.267. The molecule has 1 aromatic carbocycles. The quantitative estimate of drug-likeness (QED) is 0.477. The van der Waals surface area contributed by atoms with Gasteiger partial charge in [-0.15, -0.1) is 0 Å². The molecule has 7 nitrogen and oxygen atoms in total. The number of urea groups is 1. The molecule has 28 heavy (non-hydrogen) atoms. The average Bonchev–Trinajstić information content (AvgIpc) is 3.27. The van der Waals surface area contributed by atoms with E-state index in [1.807, 2.05) is 0 Å². The molecule has 1 aliphatic rings. The highest BCUT2D eigenvalue weighted by atomic mass is 35.5. The number of thiazole rings is 1. The smallest absolute Gasteiger partial charge is 0.389 e. The van der Waals surface area contributed by atoms with Crippen molar-refractivity contribution >= 4 is 34.9 Å². The van der Waals surface area contributed by atoms with E-state index in [2.05, 4.69) is 25.7 Å². The maximum Gasteiger partial charge on any atom is 0.389 e. The second-order valence-electron chi connectivity index (χ2n) is 5.52. The molecule has 0 spiro atoms. The van der Waals surface area contributed by atoms with Crippen LogP contribution in [0.15, 0.2) is 18.3 Å². The van der Waals surface area contributed by atoms with Crippen LogP contribution in [0.2, 0.25) is 5.02 Å². The summed E-state index contributed by atoms with van der Waals surface area (Å²) >= 11 is 6.24. The molecule has 1 unspecified atom stereocenters. The van der Waals surface area contributed by atoms with E-state index >= 15 is 0 Å². The molecule has 1 aromatic heterocycles. The van der Waals surface area contributed by atoms with Gasteiger partial charge in [0.25, 0.3) is 5.19 Å². The number of hydrogen-bond acceptors (Lipinski definition) is 5. The SMILES string of the molecule is O=C1NC[C@@H](C(=O)NC(c2cnc(OC(F)F)s2)c2ccc(F)c(Cl)c2F)N1. The van der Waals surface area contributed by atoms with Crippen molar-refractivity contribution in [1.29, 1.82) is 0 Å². The molecular weight excluding hydrogens is 428 g/mol. The topological polar surface area (TPSA) is 92.4 Å². The number of ether oxygens (including phenoxy) is 1. The molecule has 1 saturated heterocycles. The molecule has 2 heterocycles. The highest BCUT2D eigenvalue weighted by molar-refractivity contribution is 7.13. The van der Waals surface area contributed by atoms with Gasteiger partial charge in [0.05, 0.1) is 10.9 Å². The van der Waals surface area contributed by atoms with Crippen LogP contribution in [0.5, 0.6) is 5.19 Å². The van der Waals surface area contributed by atoms with Crippen LogP contribution in [0.25, 0.3) is 0 Å². The molecular formula is C15H11ClF4N4O3S. The fourth-order valence-electron chi connectivity index (χ4n) is 2.46. The van der Waals surface area contributed by atoms with Crippen molar-refractivity contribution < 1.29 is 31.9 Å². The number of alkyl halides is 2. The number of nitrogens with one attached hydrogen (secondary N) is 3. The van der Waals surface area contributed by atoms with E-state index in [4.69, 9.17) is 11.6 Å². The number of amides is 3. The van der Waals surface area contributed by atoms with Crippen molar-refractivity contribution in [2.24, 2.45) is 0 Å². The first-order valence-electron chi connectivity index (χ1n) is 7.65. The van der Waals surface area contributed by atoms with E-state index in [0.29, 0.717) is 11.3 Å². The van der Waals surface area contributed by atoms with Crippen LogP contribution in [0, 0.1) is 11.6 Å². The summed E-state index contributed by atoms with van der Waals surface area (Å²) in [6.45, 7) is -3.13. The van der Waals surface area contributed by atoms with Gasteiger partial charge in [-0.2, -0.15) is 8.78 Å². The summed E-state index contributed by atoms with van der Waals surface area (Å²) < 4.78 is 57.0. The summed E-state index contributed by atoms with van der Waals surface area (Å²) in [6.07, 6.45) is 1.11. The van der Waals surface area contributed by atoms with Crippen LogP contribution < -0.4 is 20.7 Å². The van der Waals surface area contributed by atoms with Crippen LogP contribution in [-0.2, 0) is 4.79 Å². The fourth-order valence-corrected chi connectivity index (χ4v) is 3.47.